The monoisotopic (exact) mass is 1660 g/mol. The molecule has 2 rings (SSSR count). The maximum atomic E-state index is 14.9. The molecule has 15 atom stereocenters. The maximum absolute atomic E-state index is 14.9. The van der Waals surface area contributed by atoms with E-state index in [1.165, 1.54) is 6.20 Å². The van der Waals surface area contributed by atoms with Crippen molar-refractivity contribution < 1.29 is 92.0 Å². The van der Waals surface area contributed by atoms with Crippen molar-refractivity contribution in [3.8, 4) is 0 Å². The summed E-state index contributed by atoms with van der Waals surface area (Å²) in [6.45, 7) is 1.12. The molecule has 14 amide bonds. The molecule has 47 heteroatoms. The molecule has 0 aliphatic heterocycles. The van der Waals surface area contributed by atoms with E-state index in [-0.39, 0.29) is 74.2 Å². The number of aliphatic carboxylic acids is 2. The topological polar surface area (TPSA) is 648 Å². The van der Waals surface area contributed by atoms with Gasteiger partial charge in [-0.2, -0.15) is 101 Å². The first-order valence-electron chi connectivity index (χ1n) is 32.9. The van der Waals surface area contributed by atoms with Gasteiger partial charge in [-0.15, -0.1) is 0 Å². The molecule has 0 aliphatic carbocycles. The number of guanidine groups is 1. The fourth-order valence-electron chi connectivity index (χ4n) is 9.57. The number of nitrogens with two attached hydrogens (primary N) is 5. The molecular formula is C60H96N20O19S8. The van der Waals surface area contributed by atoms with Crippen LogP contribution in [0.15, 0.2) is 35.5 Å². The van der Waals surface area contributed by atoms with Crippen LogP contribution in [0.2, 0.25) is 0 Å². The number of carbonyl (C=O) groups is 16. The first-order chi connectivity index (χ1) is 50.6. The highest BCUT2D eigenvalue weighted by Gasteiger charge is 2.38. The number of aromatic nitrogens is 1. The zero-order valence-corrected chi connectivity index (χ0v) is 64.9. The van der Waals surface area contributed by atoms with Crippen LogP contribution in [0, 0.1) is 0 Å². The molecule has 0 saturated carbocycles. The number of aliphatic imine (C=N–C) groups is 1. The first-order valence-corrected chi connectivity index (χ1v) is 37.9. The quantitative estimate of drug-likeness (QED) is 0.0127. The number of carbonyl (C=O) groups excluding carboxylic acids is 14. The second-order valence-electron chi connectivity index (χ2n) is 23.8. The Labute approximate surface area is 658 Å². The van der Waals surface area contributed by atoms with Crippen molar-refractivity contribution in [1.29, 1.82) is 0 Å². The van der Waals surface area contributed by atoms with Crippen LogP contribution in [0.5, 0.6) is 0 Å². The molecule has 0 saturated heterocycles. The molecule has 0 bridgehead atoms. The van der Waals surface area contributed by atoms with E-state index in [1.807, 2.05) is 0 Å². The lowest BCUT2D eigenvalue weighted by atomic mass is 10.0. The SMILES string of the molecule is C[C@@H](O)[C@H](NC(=O)[C@H](CCC(=O)O)NC(=O)[C@H](Cc1c[nH]c2ccccc12)NC(=O)[C@H](CCCCN)NC(=O)[C@H](CCCN=C(N)N)NC(=O)[C@H](CS)NC(=O)[C@H](CS)NC(=O)[C@H](CS)NC(=O)[C@@H](N)CS)C(=O)N[C@@H](CS)C(=O)N[C@@H](CS)C(=O)N[C@@H](CS)C(=O)N[C@@H](CS)C(=O)N[C@@H](CC(N)=O)C(=O)O. The second-order valence-corrected chi connectivity index (χ2v) is 26.7. The van der Waals surface area contributed by atoms with Crippen molar-refractivity contribution in [1.82, 2.24) is 74.1 Å². The number of thiol groups is 8. The largest absolute Gasteiger partial charge is 0.481 e. The number of aliphatic hydroxyl groups excluding tert-OH is 1. The summed E-state index contributed by atoms with van der Waals surface area (Å²) in [7, 11) is 0. The fourth-order valence-corrected chi connectivity index (χ4v) is 11.5. The van der Waals surface area contributed by atoms with Crippen molar-refractivity contribution in [3.05, 3.63) is 36.0 Å². The number of nitrogens with one attached hydrogen (secondary N) is 14. The highest BCUT2D eigenvalue weighted by atomic mass is 32.1. The summed E-state index contributed by atoms with van der Waals surface area (Å²) >= 11 is 32.9. The standard InChI is InChI=1S/C60H96N20O19S8/c1-26(81)45(58(97)79-42(25-107)57(96)78-41(24-106)56(95)77-40(23-105)55(94)75-38(21-103)52(91)72-35(59(98)99)16-43(63)82)80-49(88)33(11-12-44(83)84)70-50(89)34(15-27-17-67-30-8-3-2-7-28(27)30)71-48(87)31(9-4-5-13-61)68-47(86)32(10-6-14-66-60(64)65)69-51(90)37(20-102)74-54(93)39(22-104)76-53(92)36(19-101)73-46(85)29(62)18-100/h2-3,7-8,17,26,29,31-42,45,67,81,100-107H,4-6,9-16,18-25,61-62H2,1H3,(H2,63,82)(H,68,86)(H,69,90)(H,70,89)(H,71,87)(H,72,91)(H,73,85)(H,74,93)(H,75,94)(H,76,92)(H,77,95)(H,78,96)(H,79,97)(H,80,88)(H,83,84)(H,98,99)(H4,64,65,66)/t26-,29+,31+,32+,33+,34+,35+,36+,37+,38+,39+,40+,41+,42+,45+/m1/s1. The van der Waals surface area contributed by atoms with E-state index in [0.29, 0.717) is 22.9 Å². The van der Waals surface area contributed by atoms with Gasteiger partial charge < -0.3 is 118 Å². The Hall–Kier alpha value is -7.77. The van der Waals surface area contributed by atoms with E-state index in [1.54, 1.807) is 24.3 Å². The Morgan fingerprint density at radius 2 is 0.785 bits per heavy atom. The van der Waals surface area contributed by atoms with Gasteiger partial charge >= 0.3 is 11.9 Å². The number of primary amides is 1. The van der Waals surface area contributed by atoms with Gasteiger partial charge in [0.15, 0.2) is 5.96 Å². The molecule has 0 aliphatic rings. The third kappa shape index (κ3) is 33.3. The summed E-state index contributed by atoms with van der Waals surface area (Å²) < 4.78 is 0. The van der Waals surface area contributed by atoms with Gasteiger partial charge in [0.1, 0.15) is 78.5 Å². The number of amides is 14. The molecule has 107 heavy (non-hydrogen) atoms. The van der Waals surface area contributed by atoms with Crippen molar-refractivity contribution in [3.63, 3.8) is 0 Å². The van der Waals surface area contributed by atoms with Crippen molar-refractivity contribution in [2.45, 2.75) is 155 Å². The summed E-state index contributed by atoms with van der Waals surface area (Å²) in [6, 6.07) is -15.1. The number of para-hydroxylation sites is 1. The number of rotatable bonds is 51. The number of aromatic amines is 1. The molecule has 1 aromatic heterocycles. The molecule has 39 nitrogen and oxygen atoms in total. The molecule has 27 N–H and O–H groups in total. The summed E-state index contributed by atoms with van der Waals surface area (Å²) in [5, 5.41) is 61.8. The Kier molecular flexibility index (Phi) is 44.6. The maximum Gasteiger partial charge on any atom is 0.326 e. The molecule has 2 aromatic rings. The Morgan fingerprint density at radius 3 is 1.16 bits per heavy atom. The molecule has 0 radical (unpaired) electrons. The highest BCUT2D eigenvalue weighted by molar-refractivity contribution is 7.81. The number of hydrogen-bond acceptors (Lipinski definition) is 28. The van der Waals surface area contributed by atoms with Crippen LogP contribution in [0.4, 0.5) is 0 Å². The lowest BCUT2D eigenvalue weighted by Gasteiger charge is -2.29. The van der Waals surface area contributed by atoms with Crippen LogP contribution in [0.3, 0.4) is 0 Å². The van der Waals surface area contributed by atoms with Crippen LogP contribution in [0.25, 0.3) is 10.9 Å². The highest BCUT2D eigenvalue weighted by Crippen LogP contribution is 2.20. The number of carboxylic acid groups (broad SMARTS) is 2. The third-order valence-electron chi connectivity index (χ3n) is 15.5. The average molecular weight is 1660 g/mol. The van der Waals surface area contributed by atoms with Gasteiger partial charge in [0, 0.05) is 82.5 Å². The Bertz CT molecular complexity index is 3440. The molecule has 0 fully saturated rings. The summed E-state index contributed by atoms with van der Waals surface area (Å²) in [6.07, 6.45) is -2.71. The average Bonchev–Trinajstić information content (AvgIpc) is 1.71. The van der Waals surface area contributed by atoms with E-state index >= 15 is 0 Å². The molecule has 0 unspecified atom stereocenters. The first kappa shape index (κ1) is 95.3. The van der Waals surface area contributed by atoms with E-state index in [2.05, 4.69) is 180 Å². The number of fused-ring (bicyclic) bond motifs is 1. The van der Waals surface area contributed by atoms with E-state index in [0.717, 1.165) is 6.92 Å². The molecule has 1 aromatic carbocycles. The third-order valence-corrected chi connectivity index (χ3v) is 18.4. The van der Waals surface area contributed by atoms with Crippen molar-refractivity contribution in [2.75, 3.05) is 59.1 Å². The minimum atomic E-state index is -1.99. The minimum Gasteiger partial charge on any atom is -0.481 e. The number of aliphatic hydroxyl groups is 1. The van der Waals surface area contributed by atoms with Crippen molar-refractivity contribution in [2.24, 2.45) is 33.7 Å². The van der Waals surface area contributed by atoms with Crippen LogP contribution in [-0.2, 0) is 83.1 Å². The normalized spacial score (nSPS) is 15.3. The summed E-state index contributed by atoms with van der Waals surface area (Å²) in [5.41, 5.74) is 28.7. The molecule has 598 valence electrons. The van der Waals surface area contributed by atoms with Crippen LogP contribution in [-0.4, -0.2) is 271 Å². The minimum absolute atomic E-state index is 0.0358. The zero-order chi connectivity index (χ0) is 80.8. The van der Waals surface area contributed by atoms with Crippen LogP contribution >= 0.6 is 101 Å². The van der Waals surface area contributed by atoms with Crippen LogP contribution in [0.1, 0.15) is 63.9 Å². The lowest BCUT2D eigenvalue weighted by molar-refractivity contribution is -0.143. The van der Waals surface area contributed by atoms with Crippen LogP contribution < -0.4 is 97.8 Å². The predicted octanol–water partition coefficient (Wildman–Crippen LogP) is -8.83. The number of unbranched alkanes of at least 4 members (excludes halogenated alkanes) is 1. The second kappa shape index (κ2) is 50.0. The van der Waals surface area contributed by atoms with Gasteiger partial charge in [-0.3, -0.25) is 76.9 Å². The van der Waals surface area contributed by atoms with E-state index in [4.69, 9.17) is 28.7 Å². The van der Waals surface area contributed by atoms with Gasteiger partial charge in [0.25, 0.3) is 0 Å². The predicted molar refractivity (Wildman–Crippen MR) is 419 cm³/mol. The van der Waals surface area contributed by atoms with Gasteiger partial charge in [-0.25, -0.2) is 4.79 Å². The van der Waals surface area contributed by atoms with Gasteiger partial charge in [0.05, 0.1) is 18.6 Å². The lowest BCUT2D eigenvalue weighted by Crippen LogP contribution is -2.62. The number of benzene rings is 1. The van der Waals surface area contributed by atoms with Gasteiger partial charge in [0.2, 0.25) is 82.7 Å². The zero-order valence-electron chi connectivity index (χ0n) is 57.8. The van der Waals surface area contributed by atoms with Gasteiger partial charge in [-0.1, -0.05) is 18.2 Å². The summed E-state index contributed by atoms with van der Waals surface area (Å²) in [5.74, 6) is -20.5. The molecular weight excluding hydrogens is 1560 g/mol. The number of nitrogens with zero attached hydrogens (tertiary/aromatic N) is 1. The number of H-pyrrole nitrogens is 1. The Morgan fingerprint density at radius 1 is 0.439 bits per heavy atom. The van der Waals surface area contributed by atoms with E-state index in [9.17, 15) is 92.0 Å². The summed E-state index contributed by atoms with van der Waals surface area (Å²) in [4.78, 5) is 221. The smallest absolute Gasteiger partial charge is 0.326 e. The van der Waals surface area contributed by atoms with Crippen molar-refractivity contribution >= 4 is 213 Å². The van der Waals surface area contributed by atoms with Gasteiger partial charge in [-0.05, 0) is 63.6 Å². The molecule has 1 heterocycles. The number of carboxylic acids is 2. The fraction of sp³-hybridized carbons (Fsp3) is 0.583. The Balaban J connectivity index is 2.52. The van der Waals surface area contributed by atoms with E-state index < -0.39 is 228 Å². The number of hydrogen-bond donors (Lipinski definition) is 30. The molecule has 0 spiro atoms.